The van der Waals surface area contributed by atoms with Crippen LogP contribution in [0.2, 0.25) is 0 Å². The van der Waals surface area contributed by atoms with Crippen molar-refractivity contribution >= 4 is 20.0 Å². The molecule has 112 valence electrons. The van der Waals surface area contributed by atoms with Gasteiger partial charge >= 0.3 is 0 Å². The lowest BCUT2D eigenvalue weighted by molar-refractivity contribution is 0.482. The first-order valence-electron chi connectivity index (χ1n) is 7.14. The first-order valence-corrected chi connectivity index (χ1v) is 10.1. The molecule has 2 fully saturated rings. The smallest absolute Gasteiger partial charge is 0.0859 e. The second-order valence-electron chi connectivity index (χ2n) is 5.62. The average molecular weight is 308 g/mol. The second-order valence-corrected chi connectivity index (χ2v) is 9.61. The Balaban J connectivity index is 2.05. The predicted octanol–water partition coefficient (Wildman–Crippen LogP) is 2.69. The third kappa shape index (κ3) is 3.92. The number of hydrogen-bond donors (Lipinski definition) is 0. The fraction of sp³-hybridized carbons (Fsp3) is 1.00. The molecular weight excluding hydrogens is 286 g/mol. The average Bonchev–Trinajstić information content (AvgIpc) is 2.40. The van der Waals surface area contributed by atoms with Crippen molar-refractivity contribution in [2.24, 2.45) is 0 Å². The van der Waals surface area contributed by atoms with Gasteiger partial charge in [0.2, 0.25) is 0 Å². The molecule has 2 saturated carbocycles. The minimum absolute atomic E-state index is 0.548. The highest BCUT2D eigenvalue weighted by Crippen LogP contribution is 2.33. The maximum atomic E-state index is 12.1. The van der Waals surface area contributed by atoms with Crippen LogP contribution in [0.4, 0.5) is 0 Å². The zero-order valence-electron chi connectivity index (χ0n) is 11.1. The molecule has 0 atom stereocenters. The van der Waals surface area contributed by atoms with Crippen LogP contribution in [0.3, 0.4) is 0 Å². The van der Waals surface area contributed by atoms with E-state index in [4.69, 9.17) is 0 Å². The Kier molecular flexibility index (Phi) is 4.89. The van der Waals surface area contributed by atoms with Crippen molar-refractivity contribution in [2.45, 2.75) is 74.7 Å². The minimum atomic E-state index is -3.85. The van der Waals surface area contributed by atoms with Crippen LogP contribution in [0.25, 0.3) is 4.13 Å². The van der Waals surface area contributed by atoms with Gasteiger partial charge in [0.05, 0.1) is 20.0 Å². The van der Waals surface area contributed by atoms with E-state index in [0.29, 0.717) is 25.7 Å². The number of sulfonamides is 2. The zero-order chi connectivity index (χ0) is 13.9. The lowest BCUT2D eigenvalue weighted by atomic mass is 10.0. The van der Waals surface area contributed by atoms with Gasteiger partial charge in [-0.05, 0) is 25.7 Å². The summed E-state index contributed by atoms with van der Waals surface area (Å²) >= 11 is 0. The molecule has 0 spiro atoms. The van der Waals surface area contributed by atoms with Gasteiger partial charge in [0.1, 0.15) is 0 Å². The fourth-order valence-electron chi connectivity index (χ4n) is 2.99. The molecule has 0 saturated heterocycles. The van der Waals surface area contributed by atoms with Crippen molar-refractivity contribution in [3.8, 4) is 0 Å². The molecule has 5 nitrogen and oxygen atoms in total. The molecule has 0 amide bonds. The number of rotatable bonds is 4. The van der Waals surface area contributed by atoms with E-state index >= 15 is 0 Å². The molecule has 0 heterocycles. The molecule has 19 heavy (non-hydrogen) atoms. The number of hydrogen-bond acceptors (Lipinski definition) is 4. The van der Waals surface area contributed by atoms with E-state index in [9.17, 15) is 16.8 Å². The Morgan fingerprint density at radius 2 is 0.895 bits per heavy atom. The topological polar surface area (TPSA) is 82.4 Å². The summed E-state index contributed by atoms with van der Waals surface area (Å²) in [5.74, 6) is 0. The highest BCUT2D eigenvalue weighted by atomic mass is 32.3. The monoisotopic (exact) mass is 308 g/mol. The van der Waals surface area contributed by atoms with E-state index in [0.717, 1.165) is 38.5 Å². The Labute approximate surface area is 116 Å². The summed E-state index contributed by atoms with van der Waals surface area (Å²) in [6.45, 7) is 0. The molecule has 2 aliphatic carbocycles. The van der Waals surface area contributed by atoms with Gasteiger partial charge in [0, 0.05) is 10.5 Å². The molecular formula is C12H22NO4S2-. The third-order valence-corrected chi connectivity index (χ3v) is 8.44. The normalized spacial score (nSPS) is 24.4. The lowest BCUT2D eigenvalue weighted by Gasteiger charge is -2.33. The van der Waals surface area contributed by atoms with Gasteiger partial charge in [-0.25, -0.2) is 16.8 Å². The van der Waals surface area contributed by atoms with Gasteiger partial charge in [0.25, 0.3) is 0 Å². The van der Waals surface area contributed by atoms with Gasteiger partial charge < -0.3 is 4.13 Å². The quantitative estimate of drug-likeness (QED) is 0.799. The summed E-state index contributed by atoms with van der Waals surface area (Å²) in [5.41, 5.74) is 0. The molecule has 7 heteroatoms. The summed E-state index contributed by atoms with van der Waals surface area (Å²) in [6, 6.07) is 0. The molecule has 2 rings (SSSR count). The molecule has 0 aliphatic heterocycles. The van der Waals surface area contributed by atoms with Crippen molar-refractivity contribution < 1.29 is 16.8 Å². The van der Waals surface area contributed by atoms with E-state index in [1.54, 1.807) is 0 Å². The first-order chi connectivity index (χ1) is 8.92. The highest BCUT2D eigenvalue weighted by molar-refractivity contribution is 8.12. The largest absolute Gasteiger partial charge is 0.436 e. The van der Waals surface area contributed by atoms with Crippen LogP contribution < -0.4 is 0 Å². The van der Waals surface area contributed by atoms with Gasteiger partial charge in [0.15, 0.2) is 0 Å². The highest BCUT2D eigenvalue weighted by Gasteiger charge is 2.27. The second kappa shape index (κ2) is 6.10. The van der Waals surface area contributed by atoms with Crippen molar-refractivity contribution in [1.82, 2.24) is 0 Å². The molecule has 0 aromatic heterocycles. The molecule has 0 N–H and O–H groups in total. The summed E-state index contributed by atoms with van der Waals surface area (Å²) in [7, 11) is -7.71. The van der Waals surface area contributed by atoms with Crippen molar-refractivity contribution in [3.05, 3.63) is 4.13 Å². The Morgan fingerprint density at radius 1 is 0.579 bits per heavy atom. The van der Waals surface area contributed by atoms with Crippen LogP contribution >= 0.6 is 0 Å². The van der Waals surface area contributed by atoms with Crippen molar-refractivity contribution in [1.29, 1.82) is 0 Å². The molecule has 0 radical (unpaired) electrons. The van der Waals surface area contributed by atoms with Crippen LogP contribution in [0, 0.1) is 0 Å². The standard InChI is InChI=1S/C12H22NO4S2/c14-18(15,11-7-3-1-4-8-11)13-19(16,17)12-9-5-2-6-10-12/h11-12H,1-10H2/q-1. The molecule has 0 aromatic carbocycles. The van der Waals surface area contributed by atoms with E-state index in [-0.39, 0.29) is 0 Å². The summed E-state index contributed by atoms with van der Waals surface area (Å²) in [5, 5.41) is -1.17. The zero-order valence-corrected chi connectivity index (χ0v) is 12.8. The van der Waals surface area contributed by atoms with Crippen LogP contribution in [0.15, 0.2) is 0 Å². The van der Waals surface area contributed by atoms with E-state index < -0.39 is 30.5 Å². The Bertz CT molecular complexity index is 440. The van der Waals surface area contributed by atoms with Crippen LogP contribution in [0.5, 0.6) is 0 Å². The van der Waals surface area contributed by atoms with E-state index in [2.05, 4.69) is 4.13 Å². The number of nitrogens with zero attached hydrogens (tertiary/aromatic N) is 1. The van der Waals surface area contributed by atoms with Crippen LogP contribution in [-0.4, -0.2) is 27.3 Å². The molecule has 2 aliphatic rings. The van der Waals surface area contributed by atoms with E-state index in [1.165, 1.54) is 0 Å². The third-order valence-electron chi connectivity index (χ3n) is 4.15. The maximum absolute atomic E-state index is 12.1. The van der Waals surface area contributed by atoms with Gasteiger partial charge in [-0.15, -0.1) is 0 Å². The lowest BCUT2D eigenvalue weighted by Crippen LogP contribution is -2.29. The SMILES string of the molecule is O=S(=O)([N-]S(=O)(=O)C1CCCCC1)C1CCCCC1. The van der Waals surface area contributed by atoms with Crippen LogP contribution in [-0.2, 0) is 20.0 Å². The summed E-state index contributed by atoms with van der Waals surface area (Å²) in [6.07, 6.45) is 7.65. The summed E-state index contributed by atoms with van der Waals surface area (Å²) < 4.78 is 51.7. The molecule has 0 bridgehead atoms. The van der Waals surface area contributed by atoms with Gasteiger partial charge in [-0.1, -0.05) is 38.5 Å². The molecule has 0 aromatic rings. The predicted molar refractivity (Wildman–Crippen MR) is 74.9 cm³/mol. The first kappa shape index (κ1) is 15.3. The Morgan fingerprint density at radius 3 is 1.21 bits per heavy atom. The maximum Gasteiger partial charge on any atom is 0.0859 e. The van der Waals surface area contributed by atoms with Crippen molar-refractivity contribution in [2.75, 3.05) is 0 Å². The summed E-state index contributed by atoms with van der Waals surface area (Å²) in [4.78, 5) is 0. The van der Waals surface area contributed by atoms with Crippen LogP contribution in [0.1, 0.15) is 64.2 Å². The van der Waals surface area contributed by atoms with Gasteiger partial charge in [-0.3, -0.25) is 0 Å². The minimum Gasteiger partial charge on any atom is -0.436 e. The van der Waals surface area contributed by atoms with Gasteiger partial charge in [-0.2, -0.15) is 0 Å². The fourth-order valence-corrected chi connectivity index (χ4v) is 6.98. The van der Waals surface area contributed by atoms with Crippen molar-refractivity contribution in [3.63, 3.8) is 0 Å². The van der Waals surface area contributed by atoms with E-state index in [1.807, 2.05) is 0 Å². The molecule has 0 unspecified atom stereocenters. The Hall–Kier alpha value is -0.140.